The van der Waals surface area contributed by atoms with Crippen LogP contribution in [-0.4, -0.2) is 10.9 Å². The van der Waals surface area contributed by atoms with E-state index in [0.717, 1.165) is 15.2 Å². The Bertz CT molecular complexity index is 498. The van der Waals surface area contributed by atoms with Crippen molar-refractivity contribution in [1.82, 2.24) is 10.3 Å². The summed E-state index contributed by atoms with van der Waals surface area (Å²) in [5, 5.41) is 3.71. The number of fused-ring (bicyclic) bond motifs is 1. The van der Waals surface area contributed by atoms with Crippen LogP contribution in [0.1, 0.15) is 11.9 Å². The molecule has 3 nitrogen and oxygen atoms in total. The van der Waals surface area contributed by atoms with Gasteiger partial charge in [-0.2, -0.15) is 0 Å². The number of nitrogens with one attached hydrogen (secondary N) is 1. The van der Waals surface area contributed by atoms with Gasteiger partial charge in [-0.1, -0.05) is 18.2 Å². The van der Waals surface area contributed by atoms with Crippen molar-refractivity contribution < 1.29 is 4.79 Å². The lowest BCUT2D eigenvalue weighted by Gasteiger charge is -1.96. The number of thiazole rings is 1. The van der Waals surface area contributed by atoms with Crippen LogP contribution in [0, 0.1) is 0 Å². The third-order valence-electron chi connectivity index (χ3n) is 2.07. The lowest BCUT2D eigenvalue weighted by molar-refractivity contribution is -0.116. The van der Waals surface area contributed by atoms with Gasteiger partial charge in [-0.05, 0) is 25.1 Å². The Labute approximate surface area is 97.8 Å². The smallest absolute Gasteiger partial charge is 0.243 e. The quantitative estimate of drug-likeness (QED) is 0.826. The zero-order valence-electron chi connectivity index (χ0n) is 8.93. The highest BCUT2D eigenvalue weighted by Gasteiger charge is 2.03. The Hall–Kier alpha value is -1.68. The van der Waals surface area contributed by atoms with Gasteiger partial charge in [0, 0.05) is 0 Å². The van der Waals surface area contributed by atoms with Crippen molar-refractivity contribution in [2.24, 2.45) is 0 Å². The lowest BCUT2D eigenvalue weighted by atomic mass is 10.3. The van der Waals surface area contributed by atoms with Gasteiger partial charge in [0.15, 0.2) is 0 Å². The standard InChI is InChI=1S/C12H12N2OS/c1-2-5-11(15)13-8-12-14-9-6-3-4-7-10(9)16-12/h2-7H,8H2,1H3,(H,13,15)/b5-2+. The Morgan fingerprint density at radius 3 is 3.06 bits per heavy atom. The molecule has 0 aliphatic carbocycles. The van der Waals surface area contributed by atoms with E-state index in [2.05, 4.69) is 10.3 Å². The molecule has 0 unspecified atom stereocenters. The average molecular weight is 232 g/mol. The van der Waals surface area contributed by atoms with E-state index in [1.54, 1.807) is 17.4 Å². The van der Waals surface area contributed by atoms with Gasteiger partial charge in [0.05, 0.1) is 16.8 Å². The van der Waals surface area contributed by atoms with Crippen LogP contribution in [0.4, 0.5) is 0 Å². The molecule has 1 amide bonds. The van der Waals surface area contributed by atoms with Gasteiger partial charge >= 0.3 is 0 Å². The van der Waals surface area contributed by atoms with E-state index in [1.165, 1.54) is 6.08 Å². The average Bonchev–Trinajstić information content (AvgIpc) is 2.69. The highest BCUT2D eigenvalue weighted by molar-refractivity contribution is 7.18. The van der Waals surface area contributed by atoms with Crippen LogP contribution in [0.3, 0.4) is 0 Å². The van der Waals surface area contributed by atoms with Crippen molar-refractivity contribution in [3.63, 3.8) is 0 Å². The summed E-state index contributed by atoms with van der Waals surface area (Å²) in [5.74, 6) is -0.0817. The van der Waals surface area contributed by atoms with Crippen molar-refractivity contribution in [2.45, 2.75) is 13.5 Å². The molecule has 0 aliphatic heterocycles. The first kappa shape index (κ1) is 10.8. The van der Waals surface area contributed by atoms with Crippen LogP contribution in [0.15, 0.2) is 36.4 Å². The topological polar surface area (TPSA) is 42.0 Å². The van der Waals surface area contributed by atoms with Crippen molar-refractivity contribution in [3.05, 3.63) is 41.4 Å². The van der Waals surface area contributed by atoms with Gasteiger partial charge in [-0.25, -0.2) is 4.98 Å². The summed E-state index contributed by atoms with van der Waals surface area (Å²) in [7, 11) is 0. The normalized spacial score (nSPS) is 11.1. The molecule has 82 valence electrons. The van der Waals surface area contributed by atoms with Crippen LogP contribution in [-0.2, 0) is 11.3 Å². The van der Waals surface area contributed by atoms with Crippen LogP contribution >= 0.6 is 11.3 Å². The molecule has 0 bridgehead atoms. The molecule has 16 heavy (non-hydrogen) atoms. The molecule has 2 rings (SSSR count). The molecule has 0 saturated heterocycles. The minimum Gasteiger partial charge on any atom is -0.346 e. The van der Waals surface area contributed by atoms with Crippen LogP contribution in [0.25, 0.3) is 10.2 Å². The second-order valence-corrected chi connectivity index (χ2v) is 4.41. The molecular weight excluding hydrogens is 220 g/mol. The van der Waals surface area contributed by atoms with E-state index >= 15 is 0 Å². The Morgan fingerprint density at radius 1 is 1.50 bits per heavy atom. The van der Waals surface area contributed by atoms with Crippen molar-refractivity contribution in [1.29, 1.82) is 0 Å². The second kappa shape index (κ2) is 4.90. The molecule has 0 saturated carbocycles. The predicted molar refractivity (Wildman–Crippen MR) is 66.3 cm³/mol. The SMILES string of the molecule is C/C=C/C(=O)NCc1nc2ccccc2s1. The minimum absolute atomic E-state index is 0.0817. The number of para-hydroxylation sites is 1. The lowest BCUT2D eigenvalue weighted by Crippen LogP contribution is -2.19. The van der Waals surface area contributed by atoms with E-state index in [4.69, 9.17) is 0 Å². The second-order valence-electron chi connectivity index (χ2n) is 3.29. The van der Waals surface area contributed by atoms with E-state index in [0.29, 0.717) is 6.54 Å². The molecule has 0 fully saturated rings. The molecule has 0 aliphatic rings. The zero-order valence-corrected chi connectivity index (χ0v) is 9.75. The predicted octanol–water partition coefficient (Wildman–Crippen LogP) is 2.49. The zero-order chi connectivity index (χ0) is 11.4. The van der Waals surface area contributed by atoms with E-state index in [9.17, 15) is 4.79 Å². The van der Waals surface area contributed by atoms with Gasteiger partial charge < -0.3 is 5.32 Å². The van der Waals surface area contributed by atoms with E-state index < -0.39 is 0 Å². The summed E-state index contributed by atoms with van der Waals surface area (Å²) in [5.41, 5.74) is 0.989. The maximum Gasteiger partial charge on any atom is 0.243 e. The molecule has 0 radical (unpaired) electrons. The Balaban J connectivity index is 2.07. The van der Waals surface area contributed by atoms with Crippen LogP contribution in [0.2, 0.25) is 0 Å². The first-order valence-electron chi connectivity index (χ1n) is 5.04. The monoisotopic (exact) mass is 232 g/mol. The van der Waals surface area contributed by atoms with Gasteiger partial charge in [-0.15, -0.1) is 11.3 Å². The van der Waals surface area contributed by atoms with Crippen molar-refractivity contribution >= 4 is 27.5 Å². The first-order chi connectivity index (χ1) is 7.79. The first-order valence-corrected chi connectivity index (χ1v) is 5.86. The fraction of sp³-hybridized carbons (Fsp3) is 0.167. The largest absolute Gasteiger partial charge is 0.346 e. The molecule has 2 aromatic rings. The van der Waals surface area contributed by atoms with Crippen molar-refractivity contribution in [2.75, 3.05) is 0 Å². The fourth-order valence-corrected chi connectivity index (χ4v) is 2.28. The number of allylic oxidation sites excluding steroid dienone is 1. The van der Waals surface area contributed by atoms with E-state index in [1.807, 2.05) is 31.2 Å². The molecule has 1 heterocycles. The number of hydrogen-bond acceptors (Lipinski definition) is 3. The Morgan fingerprint density at radius 2 is 2.31 bits per heavy atom. The number of carbonyl (C=O) groups excluding carboxylic acids is 1. The highest BCUT2D eigenvalue weighted by Crippen LogP contribution is 2.21. The third kappa shape index (κ3) is 2.46. The number of nitrogens with zero attached hydrogens (tertiary/aromatic N) is 1. The Kier molecular flexibility index (Phi) is 3.31. The van der Waals surface area contributed by atoms with Gasteiger partial charge in [0.1, 0.15) is 5.01 Å². The van der Waals surface area contributed by atoms with Gasteiger partial charge in [-0.3, -0.25) is 4.79 Å². The van der Waals surface area contributed by atoms with Gasteiger partial charge in [0.2, 0.25) is 5.91 Å². The summed E-state index contributed by atoms with van der Waals surface area (Å²) in [6.45, 7) is 2.31. The number of rotatable bonds is 3. The van der Waals surface area contributed by atoms with Gasteiger partial charge in [0.25, 0.3) is 0 Å². The van der Waals surface area contributed by atoms with Crippen LogP contribution < -0.4 is 5.32 Å². The molecule has 4 heteroatoms. The molecular formula is C12H12N2OS. The molecule has 1 aromatic heterocycles. The summed E-state index contributed by atoms with van der Waals surface area (Å²) in [6.07, 6.45) is 3.22. The molecule has 0 spiro atoms. The number of benzene rings is 1. The highest BCUT2D eigenvalue weighted by atomic mass is 32.1. The summed E-state index contributed by atoms with van der Waals surface area (Å²) >= 11 is 1.61. The third-order valence-corrected chi connectivity index (χ3v) is 3.11. The van der Waals surface area contributed by atoms with Crippen molar-refractivity contribution in [3.8, 4) is 0 Å². The van der Waals surface area contributed by atoms with E-state index in [-0.39, 0.29) is 5.91 Å². The number of amides is 1. The summed E-state index contributed by atoms with van der Waals surface area (Å²) in [4.78, 5) is 15.6. The summed E-state index contributed by atoms with van der Waals surface area (Å²) < 4.78 is 1.15. The minimum atomic E-state index is -0.0817. The summed E-state index contributed by atoms with van der Waals surface area (Å²) in [6, 6.07) is 7.96. The number of aromatic nitrogens is 1. The molecule has 1 aromatic carbocycles. The fourth-order valence-electron chi connectivity index (χ4n) is 1.37. The number of hydrogen-bond donors (Lipinski definition) is 1. The molecule has 0 atom stereocenters. The molecule has 1 N–H and O–H groups in total. The maximum absolute atomic E-state index is 11.2. The van der Waals surface area contributed by atoms with Crippen LogP contribution in [0.5, 0.6) is 0 Å². The maximum atomic E-state index is 11.2. The number of carbonyl (C=O) groups is 1.